The highest BCUT2D eigenvalue weighted by molar-refractivity contribution is 7.90. The number of aromatic nitrogens is 2. The molecule has 2 heterocycles. The molecule has 1 N–H and O–H groups in total. The largest absolute Gasteiger partial charge is 0.417 e. The molecule has 0 spiro atoms. The maximum Gasteiger partial charge on any atom is 0.417 e. The van der Waals surface area contributed by atoms with Crippen LogP contribution in [0, 0.1) is 5.41 Å². The van der Waals surface area contributed by atoms with Crippen molar-refractivity contribution < 1.29 is 34.8 Å². The molecule has 4 rings (SSSR count). The highest BCUT2D eigenvalue weighted by Crippen LogP contribution is 2.45. The fourth-order valence-corrected chi connectivity index (χ4v) is 5.72. The summed E-state index contributed by atoms with van der Waals surface area (Å²) in [6.45, 7) is 5.70. The average molecular weight is 534 g/mol. The van der Waals surface area contributed by atoms with Gasteiger partial charge >= 0.3 is 12.4 Å². The summed E-state index contributed by atoms with van der Waals surface area (Å²) in [6, 6.07) is 1.97. The van der Waals surface area contributed by atoms with Crippen LogP contribution in [-0.2, 0) is 22.7 Å². The number of sulfonamides is 1. The molecule has 1 aromatic carbocycles. The van der Waals surface area contributed by atoms with E-state index in [1.165, 1.54) is 35.2 Å². The van der Waals surface area contributed by atoms with Gasteiger partial charge in [-0.3, -0.25) is 4.98 Å². The van der Waals surface area contributed by atoms with Crippen LogP contribution in [0.25, 0.3) is 22.0 Å². The number of fused-ring (bicyclic) bond motifs is 1. The number of halogens is 6. The maximum atomic E-state index is 14.2. The molecule has 3 aromatic rings. The smallest absolute Gasteiger partial charge is 0.347 e. The summed E-state index contributed by atoms with van der Waals surface area (Å²) in [5.41, 5.74) is -2.01. The van der Waals surface area contributed by atoms with Gasteiger partial charge in [-0.2, -0.15) is 31.1 Å². The molecule has 0 amide bonds. The van der Waals surface area contributed by atoms with Gasteiger partial charge in [-0.05, 0) is 53.6 Å². The van der Waals surface area contributed by atoms with Crippen LogP contribution < -0.4 is 4.72 Å². The molecule has 1 saturated carbocycles. The van der Waals surface area contributed by atoms with E-state index in [0.717, 1.165) is 6.20 Å². The molecule has 0 unspecified atom stereocenters. The Labute approximate surface area is 204 Å². The standard InChI is InChI=1S/C24H25F6N3O2S/c1-22(2,3)13-33-12-18(21(24(28,29)30)32-36(34,35)15-4-5-15)17-10-19(23(25,26)27)16(11-20(17)33)14-6-8-31-9-7-14/h6-12,15,21,32H,4-5,13H2,1-3H3/t21-/m0/s1. The van der Waals surface area contributed by atoms with Gasteiger partial charge in [0.2, 0.25) is 10.0 Å². The number of rotatable bonds is 6. The Morgan fingerprint density at radius 2 is 1.67 bits per heavy atom. The molecule has 0 radical (unpaired) electrons. The normalized spacial score (nSPS) is 16.5. The molecule has 5 nitrogen and oxygen atoms in total. The number of nitrogens with one attached hydrogen (secondary N) is 1. The monoisotopic (exact) mass is 533 g/mol. The number of pyridine rings is 1. The van der Waals surface area contributed by atoms with Gasteiger partial charge in [0.05, 0.1) is 10.8 Å². The molecule has 12 heteroatoms. The number of hydrogen-bond acceptors (Lipinski definition) is 3. The van der Waals surface area contributed by atoms with E-state index in [-0.39, 0.29) is 41.4 Å². The lowest BCUT2D eigenvalue weighted by molar-refractivity contribution is -0.152. The summed E-state index contributed by atoms with van der Waals surface area (Å²) in [5, 5.41) is -1.25. The molecule has 196 valence electrons. The Morgan fingerprint density at radius 1 is 1.06 bits per heavy atom. The second kappa shape index (κ2) is 8.76. The van der Waals surface area contributed by atoms with Crippen molar-refractivity contribution in [3.05, 3.63) is 54.0 Å². The number of alkyl halides is 6. The summed E-state index contributed by atoms with van der Waals surface area (Å²) in [4.78, 5) is 3.82. The molecule has 2 aromatic heterocycles. The van der Waals surface area contributed by atoms with E-state index in [9.17, 15) is 34.8 Å². The van der Waals surface area contributed by atoms with Crippen molar-refractivity contribution in [2.24, 2.45) is 5.41 Å². The summed E-state index contributed by atoms with van der Waals surface area (Å²) in [6.07, 6.45) is -5.72. The fourth-order valence-electron chi connectivity index (χ4n) is 4.19. The molecule has 1 aliphatic carbocycles. The first-order valence-corrected chi connectivity index (χ1v) is 12.7. The minimum Gasteiger partial charge on any atom is -0.347 e. The first-order valence-electron chi connectivity index (χ1n) is 11.2. The van der Waals surface area contributed by atoms with Crippen LogP contribution in [0.2, 0.25) is 0 Å². The predicted octanol–water partition coefficient (Wildman–Crippen LogP) is 6.45. The van der Waals surface area contributed by atoms with Gasteiger partial charge in [-0.25, -0.2) is 8.42 Å². The van der Waals surface area contributed by atoms with Crippen LogP contribution in [0.15, 0.2) is 42.9 Å². The summed E-state index contributed by atoms with van der Waals surface area (Å²) >= 11 is 0. The van der Waals surface area contributed by atoms with Gasteiger partial charge in [-0.15, -0.1) is 0 Å². The molecule has 0 bridgehead atoms. The molecule has 36 heavy (non-hydrogen) atoms. The minimum absolute atomic E-state index is 0.139. The first kappa shape index (κ1) is 26.5. The predicted molar refractivity (Wildman–Crippen MR) is 123 cm³/mol. The van der Waals surface area contributed by atoms with Crippen LogP contribution in [0.5, 0.6) is 0 Å². The molecule has 1 fully saturated rings. The zero-order chi connectivity index (χ0) is 26.7. The summed E-state index contributed by atoms with van der Waals surface area (Å²) in [5.74, 6) is 0. The van der Waals surface area contributed by atoms with Crippen molar-refractivity contribution in [2.75, 3.05) is 0 Å². The average Bonchev–Trinajstić information content (AvgIpc) is 3.55. The highest BCUT2D eigenvalue weighted by Gasteiger charge is 2.48. The van der Waals surface area contributed by atoms with E-state index < -0.39 is 50.2 Å². The van der Waals surface area contributed by atoms with Crippen LogP contribution in [0.3, 0.4) is 0 Å². The van der Waals surface area contributed by atoms with Crippen molar-refractivity contribution in [1.82, 2.24) is 14.3 Å². The number of hydrogen-bond donors (Lipinski definition) is 1. The lowest BCUT2D eigenvalue weighted by Gasteiger charge is -2.22. The molecule has 0 saturated heterocycles. The molecule has 1 aliphatic rings. The van der Waals surface area contributed by atoms with Crippen molar-refractivity contribution in [3.8, 4) is 11.1 Å². The van der Waals surface area contributed by atoms with Crippen molar-refractivity contribution in [2.45, 2.75) is 63.8 Å². The second-order valence-corrected chi connectivity index (χ2v) is 12.3. The minimum atomic E-state index is -5.08. The van der Waals surface area contributed by atoms with Crippen LogP contribution in [-0.4, -0.2) is 29.4 Å². The van der Waals surface area contributed by atoms with Gasteiger partial charge < -0.3 is 4.57 Å². The van der Waals surface area contributed by atoms with Crippen LogP contribution >= 0.6 is 0 Å². The molecule has 0 aliphatic heterocycles. The van der Waals surface area contributed by atoms with Gasteiger partial charge in [0.25, 0.3) is 0 Å². The third-order valence-corrected chi connectivity index (χ3v) is 7.79. The molecule has 1 atom stereocenters. The first-order chi connectivity index (χ1) is 16.5. The highest BCUT2D eigenvalue weighted by atomic mass is 32.2. The third kappa shape index (κ3) is 5.54. The van der Waals surface area contributed by atoms with E-state index in [1.807, 2.05) is 20.8 Å². The quantitative estimate of drug-likeness (QED) is 0.370. The second-order valence-electron chi connectivity index (χ2n) is 10.3. The topological polar surface area (TPSA) is 64.0 Å². The molecular weight excluding hydrogens is 508 g/mol. The third-order valence-electron chi connectivity index (χ3n) is 5.88. The number of nitrogens with zero attached hydrogens (tertiary/aromatic N) is 2. The number of benzene rings is 1. The Balaban J connectivity index is 2.02. The Bertz CT molecular complexity index is 1370. The van der Waals surface area contributed by atoms with E-state index >= 15 is 0 Å². The van der Waals surface area contributed by atoms with Crippen molar-refractivity contribution in [3.63, 3.8) is 0 Å². The lowest BCUT2D eigenvalue weighted by Crippen LogP contribution is -2.39. The zero-order valence-corrected chi connectivity index (χ0v) is 20.5. The Hall–Kier alpha value is -2.60. The van der Waals surface area contributed by atoms with Crippen LogP contribution in [0.1, 0.15) is 50.8 Å². The summed E-state index contributed by atoms with van der Waals surface area (Å²) < 4.78 is 113. The SMILES string of the molecule is CC(C)(C)Cn1cc([C@H](NS(=O)(=O)C2CC2)C(F)(F)F)c2cc(C(F)(F)F)c(-c3ccncc3)cc21. The fraction of sp³-hybridized carbons (Fsp3) is 0.458. The van der Waals surface area contributed by atoms with Crippen molar-refractivity contribution >= 4 is 20.9 Å². The van der Waals surface area contributed by atoms with E-state index in [1.54, 1.807) is 4.72 Å². The Morgan fingerprint density at radius 3 is 2.17 bits per heavy atom. The van der Waals surface area contributed by atoms with Gasteiger partial charge in [0, 0.05) is 41.6 Å². The Kier molecular flexibility index (Phi) is 6.44. The van der Waals surface area contributed by atoms with Crippen molar-refractivity contribution in [1.29, 1.82) is 0 Å². The van der Waals surface area contributed by atoms with Gasteiger partial charge in [0.1, 0.15) is 6.04 Å². The zero-order valence-electron chi connectivity index (χ0n) is 19.7. The lowest BCUT2D eigenvalue weighted by atomic mass is 9.95. The molecular formula is C24H25F6N3O2S. The van der Waals surface area contributed by atoms with Gasteiger partial charge in [0.15, 0.2) is 0 Å². The maximum absolute atomic E-state index is 14.2. The van der Waals surface area contributed by atoms with E-state index in [4.69, 9.17) is 0 Å². The van der Waals surface area contributed by atoms with E-state index in [0.29, 0.717) is 6.07 Å². The van der Waals surface area contributed by atoms with E-state index in [2.05, 4.69) is 4.98 Å². The van der Waals surface area contributed by atoms with Crippen LogP contribution in [0.4, 0.5) is 26.3 Å². The van der Waals surface area contributed by atoms with Gasteiger partial charge in [-0.1, -0.05) is 20.8 Å². The summed E-state index contributed by atoms with van der Waals surface area (Å²) in [7, 11) is -4.31.